The Hall–Kier alpha value is -1.76. The number of hydrogen-bond donors (Lipinski definition) is 1. The Balaban J connectivity index is 2.02. The smallest absolute Gasteiger partial charge is 0.200 e. The van der Waals surface area contributed by atoms with Gasteiger partial charge in [0.15, 0.2) is 5.65 Å². The van der Waals surface area contributed by atoms with Gasteiger partial charge in [0.05, 0.1) is 0 Å². The normalized spacial score (nSPS) is 13.2. The molecule has 1 N–H and O–H groups in total. The molecule has 0 amide bonds. The highest BCUT2D eigenvalue weighted by molar-refractivity contribution is 5.42. The first kappa shape index (κ1) is 15.6. The molecule has 0 saturated carbocycles. The number of likely N-dealkylation sites (N-methyl/N-ethyl adjacent to an activating group) is 1. The Bertz CT molecular complexity index is 547. The lowest BCUT2D eigenvalue weighted by atomic mass is 10.0. The number of aromatic nitrogens is 5. The number of hydrogen-bond acceptors (Lipinski definition) is 6. The monoisotopic (exact) mass is 291 g/mol. The van der Waals surface area contributed by atoms with Gasteiger partial charge in [0, 0.05) is 12.6 Å². The average Bonchev–Trinajstić information content (AvgIpc) is 2.92. The molecule has 0 aliphatic rings. The van der Waals surface area contributed by atoms with E-state index in [0.29, 0.717) is 17.6 Å². The van der Waals surface area contributed by atoms with Crippen molar-refractivity contribution in [2.24, 2.45) is 5.92 Å². The number of tetrazole rings is 1. The first-order valence-electron chi connectivity index (χ1n) is 7.67. The summed E-state index contributed by atoms with van der Waals surface area (Å²) in [6, 6.07) is 4.29. The molecule has 1 atom stereocenters. The Morgan fingerprint density at radius 1 is 1.24 bits per heavy atom. The zero-order chi connectivity index (χ0) is 15.2. The van der Waals surface area contributed by atoms with E-state index in [-0.39, 0.29) is 0 Å². The van der Waals surface area contributed by atoms with Crippen molar-refractivity contribution >= 4 is 11.5 Å². The van der Waals surface area contributed by atoms with Crippen molar-refractivity contribution in [1.29, 1.82) is 0 Å². The predicted molar refractivity (Wildman–Crippen MR) is 83.2 cm³/mol. The molecule has 0 aliphatic heterocycles. The highest BCUT2D eigenvalue weighted by Crippen LogP contribution is 2.13. The van der Waals surface area contributed by atoms with Gasteiger partial charge in [0.2, 0.25) is 0 Å². The lowest BCUT2D eigenvalue weighted by Crippen LogP contribution is -2.41. The van der Waals surface area contributed by atoms with Crippen molar-refractivity contribution < 1.29 is 0 Å². The number of nitrogens with one attached hydrogen (secondary N) is 1. The van der Waals surface area contributed by atoms with Crippen LogP contribution in [0.4, 0.5) is 5.82 Å². The van der Waals surface area contributed by atoms with E-state index in [1.165, 1.54) is 11.1 Å². The second-order valence-corrected chi connectivity index (χ2v) is 5.63. The largest absolute Gasteiger partial charge is 0.367 e. The average molecular weight is 291 g/mol. The molecule has 2 aromatic heterocycles. The quantitative estimate of drug-likeness (QED) is 0.798. The van der Waals surface area contributed by atoms with Crippen LogP contribution in [0.25, 0.3) is 5.65 Å². The molecule has 0 unspecified atom stereocenters. The van der Waals surface area contributed by atoms with Crippen molar-refractivity contribution in [2.75, 3.05) is 25.0 Å². The highest BCUT2D eigenvalue weighted by Gasteiger charge is 2.17. The van der Waals surface area contributed by atoms with Crippen LogP contribution < -0.4 is 5.32 Å². The van der Waals surface area contributed by atoms with Crippen LogP contribution in [0.1, 0.15) is 34.1 Å². The van der Waals surface area contributed by atoms with Gasteiger partial charge in [0.1, 0.15) is 5.82 Å². The van der Waals surface area contributed by atoms with Gasteiger partial charge in [-0.2, -0.15) is 0 Å². The summed E-state index contributed by atoms with van der Waals surface area (Å²) in [5.74, 6) is 1.48. The van der Waals surface area contributed by atoms with Crippen molar-refractivity contribution in [3.63, 3.8) is 0 Å². The summed E-state index contributed by atoms with van der Waals surface area (Å²) in [4.78, 5) is 2.49. The van der Waals surface area contributed by atoms with Gasteiger partial charge in [-0.25, -0.2) is 0 Å². The third-order valence-electron chi connectivity index (χ3n) is 3.66. The second kappa shape index (κ2) is 7.31. The minimum absolute atomic E-state index is 0.506. The van der Waals surface area contributed by atoms with Crippen LogP contribution in [0.2, 0.25) is 0 Å². The molecule has 2 aromatic rings. The molecule has 0 saturated heterocycles. The SMILES string of the molecule is CCN(CC)[C@H](CNc1ccc2nnnn2n1)CC(C)C. The van der Waals surface area contributed by atoms with E-state index in [1.807, 2.05) is 12.1 Å². The first-order chi connectivity index (χ1) is 10.1. The minimum atomic E-state index is 0.506. The maximum Gasteiger partial charge on any atom is 0.200 e. The Morgan fingerprint density at radius 2 is 2.00 bits per heavy atom. The molecule has 21 heavy (non-hydrogen) atoms. The molecule has 0 radical (unpaired) electrons. The lowest BCUT2D eigenvalue weighted by molar-refractivity contribution is 0.199. The summed E-state index contributed by atoms with van der Waals surface area (Å²) in [6.07, 6.45) is 1.17. The molecule has 116 valence electrons. The maximum absolute atomic E-state index is 4.35. The molecule has 2 rings (SSSR count). The van der Waals surface area contributed by atoms with E-state index >= 15 is 0 Å². The molecule has 7 nitrogen and oxygen atoms in total. The summed E-state index contributed by atoms with van der Waals surface area (Å²) < 4.78 is 1.44. The van der Waals surface area contributed by atoms with Gasteiger partial charge in [-0.05, 0) is 48.0 Å². The van der Waals surface area contributed by atoms with E-state index in [1.54, 1.807) is 0 Å². The van der Waals surface area contributed by atoms with Gasteiger partial charge in [-0.3, -0.25) is 4.90 Å². The zero-order valence-corrected chi connectivity index (χ0v) is 13.3. The standard InChI is InChI=1S/C14H25N7/c1-5-20(6-2)12(9-11(3)4)10-15-13-7-8-14-16-18-19-21(14)17-13/h7-8,11-12H,5-6,9-10H2,1-4H3,(H,15,17)/t12-/m0/s1. The molecule has 0 spiro atoms. The molecule has 0 bridgehead atoms. The lowest BCUT2D eigenvalue weighted by Gasteiger charge is -2.31. The van der Waals surface area contributed by atoms with E-state index in [2.05, 4.69) is 58.5 Å². The predicted octanol–water partition coefficient (Wildman–Crippen LogP) is 1.69. The van der Waals surface area contributed by atoms with Crippen molar-refractivity contribution in [1.82, 2.24) is 30.2 Å². The fraction of sp³-hybridized carbons (Fsp3) is 0.714. The zero-order valence-electron chi connectivity index (χ0n) is 13.3. The van der Waals surface area contributed by atoms with E-state index in [9.17, 15) is 0 Å². The molecule has 0 aliphatic carbocycles. The van der Waals surface area contributed by atoms with Crippen molar-refractivity contribution in [3.8, 4) is 0 Å². The minimum Gasteiger partial charge on any atom is -0.367 e. The topological polar surface area (TPSA) is 71.2 Å². The van der Waals surface area contributed by atoms with Crippen molar-refractivity contribution in [2.45, 2.75) is 40.2 Å². The van der Waals surface area contributed by atoms with Gasteiger partial charge in [-0.1, -0.05) is 27.7 Å². The Labute approximate surface area is 125 Å². The summed E-state index contributed by atoms with van der Waals surface area (Å²) in [6.45, 7) is 12.0. The number of rotatable bonds is 8. The maximum atomic E-state index is 4.35. The number of anilines is 1. The summed E-state index contributed by atoms with van der Waals surface area (Å²) in [5, 5.41) is 19.0. The molecular weight excluding hydrogens is 266 g/mol. The number of fused-ring (bicyclic) bond motifs is 1. The molecular formula is C14H25N7. The molecule has 2 heterocycles. The Morgan fingerprint density at radius 3 is 2.67 bits per heavy atom. The van der Waals surface area contributed by atoms with Crippen LogP contribution in [0.15, 0.2) is 12.1 Å². The molecule has 0 aromatic carbocycles. The van der Waals surface area contributed by atoms with Crippen LogP contribution in [0, 0.1) is 5.92 Å². The van der Waals surface area contributed by atoms with Crippen LogP contribution >= 0.6 is 0 Å². The van der Waals surface area contributed by atoms with Gasteiger partial charge in [-0.15, -0.1) is 14.8 Å². The van der Waals surface area contributed by atoms with Crippen molar-refractivity contribution in [3.05, 3.63) is 12.1 Å². The van der Waals surface area contributed by atoms with Crippen LogP contribution in [-0.2, 0) is 0 Å². The van der Waals surface area contributed by atoms with E-state index in [0.717, 1.165) is 25.5 Å². The van der Waals surface area contributed by atoms with Gasteiger partial charge in [0.25, 0.3) is 0 Å². The highest BCUT2D eigenvalue weighted by atomic mass is 15.6. The Kier molecular flexibility index (Phi) is 5.44. The summed E-state index contributed by atoms with van der Waals surface area (Å²) in [7, 11) is 0. The summed E-state index contributed by atoms with van der Waals surface area (Å²) in [5.41, 5.74) is 0.656. The summed E-state index contributed by atoms with van der Waals surface area (Å²) >= 11 is 0. The van der Waals surface area contributed by atoms with Gasteiger partial charge < -0.3 is 5.32 Å². The van der Waals surface area contributed by atoms with Gasteiger partial charge >= 0.3 is 0 Å². The fourth-order valence-electron chi connectivity index (χ4n) is 2.61. The van der Waals surface area contributed by atoms with E-state index < -0.39 is 0 Å². The van der Waals surface area contributed by atoms with E-state index in [4.69, 9.17) is 0 Å². The van der Waals surface area contributed by atoms with Crippen LogP contribution in [0.3, 0.4) is 0 Å². The molecule has 0 fully saturated rings. The fourth-order valence-corrected chi connectivity index (χ4v) is 2.61. The second-order valence-electron chi connectivity index (χ2n) is 5.63. The third-order valence-corrected chi connectivity index (χ3v) is 3.66. The van der Waals surface area contributed by atoms with Crippen LogP contribution in [0.5, 0.6) is 0 Å². The first-order valence-corrected chi connectivity index (χ1v) is 7.67. The third kappa shape index (κ3) is 4.10. The van der Waals surface area contributed by atoms with Crippen LogP contribution in [-0.4, -0.2) is 55.8 Å². The molecule has 7 heteroatoms. The number of nitrogens with zero attached hydrogens (tertiary/aromatic N) is 6.